The Balaban J connectivity index is 1.28. The van der Waals surface area contributed by atoms with Gasteiger partial charge in [0, 0.05) is 0 Å². The number of amides is 4. The van der Waals surface area contributed by atoms with Crippen LogP contribution in [-0.4, -0.2) is 47.6 Å². The maximum atomic E-state index is 12.9. The number of para-hydroxylation sites is 2. The molecule has 174 valence electrons. The summed E-state index contributed by atoms with van der Waals surface area (Å²) in [6.07, 6.45) is 0. The summed E-state index contributed by atoms with van der Waals surface area (Å²) >= 11 is 0. The van der Waals surface area contributed by atoms with Crippen LogP contribution in [0.3, 0.4) is 0 Å². The van der Waals surface area contributed by atoms with Gasteiger partial charge in [-0.15, -0.1) is 0 Å². The number of carbonyl (C=O) groups is 5. The van der Waals surface area contributed by atoms with Crippen molar-refractivity contribution in [2.45, 2.75) is 6.54 Å². The predicted molar refractivity (Wildman–Crippen MR) is 125 cm³/mol. The van der Waals surface area contributed by atoms with E-state index in [1.807, 2.05) is 30.3 Å². The molecule has 0 spiro atoms. The van der Waals surface area contributed by atoms with E-state index in [0.717, 1.165) is 10.5 Å². The van der Waals surface area contributed by atoms with Crippen molar-refractivity contribution in [3.8, 4) is 0 Å². The zero-order valence-electron chi connectivity index (χ0n) is 18.4. The lowest BCUT2D eigenvalue weighted by molar-refractivity contribution is -0.124. The largest absolute Gasteiger partial charge is 0.452 e. The first kappa shape index (κ1) is 22.0. The van der Waals surface area contributed by atoms with Crippen molar-refractivity contribution >= 4 is 41.0 Å². The molecule has 3 aromatic rings. The number of carbonyl (C=O) groups excluding carboxylic acids is 5. The summed E-state index contributed by atoms with van der Waals surface area (Å²) in [4.78, 5) is 65.2. The zero-order chi connectivity index (χ0) is 24.5. The van der Waals surface area contributed by atoms with Gasteiger partial charge in [0.25, 0.3) is 17.7 Å². The maximum Gasteiger partial charge on any atom is 0.338 e. The van der Waals surface area contributed by atoms with E-state index >= 15 is 0 Å². The molecule has 0 aliphatic carbocycles. The van der Waals surface area contributed by atoms with Gasteiger partial charge in [-0.2, -0.15) is 0 Å². The molecule has 3 aromatic carbocycles. The minimum absolute atomic E-state index is 0.0380. The van der Waals surface area contributed by atoms with E-state index in [4.69, 9.17) is 4.74 Å². The number of anilines is 2. The van der Waals surface area contributed by atoms with Crippen molar-refractivity contribution in [3.63, 3.8) is 0 Å². The number of rotatable bonds is 5. The fourth-order valence-corrected chi connectivity index (χ4v) is 4.07. The van der Waals surface area contributed by atoms with Gasteiger partial charge in [0.15, 0.2) is 6.61 Å². The summed E-state index contributed by atoms with van der Waals surface area (Å²) < 4.78 is 5.17. The fourth-order valence-electron chi connectivity index (χ4n) is 4.07. The van der Waals surface area contributed by atoms with Crippen molar-refractivity contribution < 1.29 is 28.7 Å². The van der Waals surface area contributed by atoms with Crippen LogP contribution in [0.2, 0.25) is 0 Å². The predicted octanol–water partition coefficient (Wildman–Crippen LogP) is 2.62. The van der Waals surface area contributed by atoms with Crippen molar-refractivity contribution in [3.05, 3.63) is 95.1 Å². The molecular formula is C26H19N3O6. The highest BCUT2D eigenvalue weighted by Crippen LogP contribution is 2.29. The molecule has 0 saturated carbocycles. The van der Waals surface area contributed by atoms with Gasteiger partial charge in [-0.25, -0.2) is 4.79 Å². The summed E-state index contributed by atoms with van der Waals surface area (Å²) in [6, 6.07) is 20.0. The van der Waals surface area contributed by atoms with Gasteiger partial charge in [-0.1, -0.05) is 42.5 Å². The van der Waals surface area contributed by atoms with Crippen LogP contribution in [0.25, 0.3) is 0 Å². The lowest BCUT2D eigenvalue weighted by atomic mass is 10.1. The number of nitrogens with one attached hydrogen (secondary N) is 1. The van der Waals surface area contributed by atoms with Gasteiger partial charge in [-0.3, -0.25) is 29.0 Å². The molecule has 4 amide bonds. The Bertz CT molecular complexity index is 1380. The Morgan fingerprint density at radius 2 is 1.57 bits per heavy atom. The van der Waals surface area contributed by atoms with E-state index < -0.39 is 30.3 Å². The molecule has 0 atom stereocenters. The first-order valence-corrected chi connectivity index (χ1v) is 10.8. The SMILES string of the molecule is O=C1CN(C(=O)COC(=O)c2ccc3c(c2)C(=O)N(Cc2ccccc2)C3=O)c2ccccc2N1. The van der Waals surface area contributed by atoms with Crippen LogP contribution < -0.4 is 10.2 Å². The van der Waals surface area contributed by atoms with Crippen LogP contribution in [0.1, 0.15) is 36.6 Å². The van der Waals surface area contributed by atoms with Gasteiger partial charge in [0.1, 0.15) is 6.54 Å². The van der Waals surface area contributed by atoms with E-state index in [1.165, 1.54) is 23.1 Å². The Kier molecular flexibility index (Phi) is 5.58. The molecule has 5 rings (SSSR count). The van der Waals surface area contributed by atoms with Gasteiger partial charge in [-0.05, 0) is 35.9 Å². The third-order valence-electron chi connectivity index (χ3n) is 5.79. The average Bonchev–Trinajstić information content (AvgIpc) is 3.11. The molecule has 0 bridgehead atoms. The molecule has 35 heavy (non-hydrogen) atoms. The second-order valence-electron chi connectivity index (χ2n) is 8.06. The van der Waals surface area contributed by atoms with E-state index in [1.54, 1.807) is 24.3 Å². The summed E-state index contributed by atoms with van der Waals surface area (Å²) in [5.41, 5.74) is 2.14. The van der Waals surface area contributed by atoms with Gasteiger partial charge >= 0.3 is 5.97 Å². The molecule has 9 nitrogen and oxygen atoms in total. The summed E-state index contributed by atoms with van der Waals surface area (Å²) in [5, 5.41) is 2.68. The van der Waals surface area contributed by atoms with Gasteiger partial charge in [0.2, 0.25) is 5.91 Å². The van der Waals surface area contributed by atoms with Crippen LogP contribution in [0.4, 0.5) is 11.4 Å². The molecule has 2 aliphatic heterocycles. The quantitative estimate of drug-likeness (QED) is 0.454. The third kappa shape index (κ3) is 4.15. The number of nitrogens with zero attached hydrogens (tertiary/aromatic N) is 2. The van der Waals surface area contributed by atoms with Crippen LogP contribution in [0.5, 0.6) is 0 Å². The molecule has 9 heteroatoms. The topological polar surface area (TPSA) is 113 Å². The van der Waals surface area contributed by atoms with E-state index in [-0.39, 0.29) is 35.7 Å². The summed E-state index contributed by atoms with van der Waals surface area (Å²) in [7, 11) is 0. The van der Waals surface area contributed by atoms with Crippen LogP contribution in [0.15, 0.2) is 72.8 Å². The monoisotopic (exact) mass is 469 g/mol. The molecular weight excluding hydrogens is 450 g/mol. The fraction of sp³-hybridized carbons (Fsp3) is 0.115. The molecule has 2 heterocycles. The van der Waals surface area contributed by atoms with Crippen LogP contribution in [0, 0.1) is 0 Å². The van der Waals surface area contributed by atoms with Crippen molar-refractivity contribution in [2.24, 2.45) is 0 Å². The number of hydrogen-bond acceptors (Lipinski definition) is 6. The average molecular weight is 469 g/mol. The molecule has 2 aliphatic rings. The van der Waals surface area contributed by atoms with E-state index in [2.05, 4.69) is 5.32 Å². The van der Waals surface area contributed by atoms with Gasteiger partial charge < -0.3 is 10.1 Å². The number of fused-ring (bicyclic) bond motifs is 2. The third-order valence-corrected chi connectivity index (χ3v) is 5.79. The zero-order valence-corrected chi connectivity index (χ0v) is 18.4. The smallest absolute Gasteiger partial charge is 0.338 e. The Morgan fingerprint density at radius 1 is 0.857 bits per heavy atom. The second kappa shape index (κ2) is 8.86. The Morgan fingerprint density at radius 3 is 2.37 bits per heavy atom. The molecule has 0 unspecified atom stereocenters. The second-order valence-corrected chi connectivity index (χ2v) is 8.06. The van der Waals surface area contributed by atoms with Crippen LogP contribution >= 0.6 is 0 Å². The van der Waals surface area contributed by atoms with Crippen molar-refractivity contribution in [2.75, 3.05) is 23.4 Å². The number of esters is 1. The van der Waals surface area contributed by atoms with Gasteiger partial charge in [0.05, 0.1) is 34.6 Å². The minimum atomic E-state index is -0.822. The molecule has 0 saturated heterocycles. The highest BCUT2D eigenvalue weighted by atomic mass is 16.5. The standard InChI is InChI=1S/C26H19N3O6/c30-22-14-28(21-9-5-4-8-20(21)27-22)23(31)15-35-26(34)17-10-11-18-19(12-17)25(33)29(24(18)32)13-16-6-2-1-3-7-16/h1-12H,13-15H2,(H,27,30). The highest BCUT2D eigenvalue weighted by molar-refractivity contribution is 6.22. The lowest BCUT2D eigenvalue weighted by Crippen LogP contribution is -2.44. The summed E-state index contributed by atoms with van der Waals surface area (Å²) in [5.74, 6) is -2.69. The highest BCUT2D eigenvalue weighted by Gasteiger charge is 2.36. The molecule has 0 fully saturated rings. The Hall–Kier alpha value is -4.79. The first-order valence-electron chi connectivity index (χ1n) is 10.8. The number of benzene rings is 3. The molecule has 1 N–H and O–H groups in total. The van der Waals surface area contributed by atoms with Crippen molar-refractivity contribution in [1.82, 2.24) is 4.90 Å². The van der Waals surface area contributed by atoms with Crippen LogP contribution in [-0.2, 0) is 20.9 Å². The number of hydrogen-bond donors (Lipinski definition) is 1. The minimum Gasteiger partial charge on any atom is -0.452 e. The maximum absolute atomic E-state index is 12.9. The number of ether oxygens (including phenoxy) is 1. The molecule has 0 aromatic heterocycles. The van der Waals surface area contributed by atoms with E-state index in [9.17, 15) is 24.0 Å². The van der Waals surface area contributed by atoms with E-state index in [0.29, 0.717) is 11.4 Å². The first-order chi connectivity index (χ1) is 16.9. The lowest BCUT2D eigenvalue weighted by Gasteiger charge is -2.28. The summed E-state index contributed by atoms with van der Waals surface area (Å²) in [6.45, 7) is -0.670. The molecule has 0 radical (unpaired) electrons. The normalized spacial score (nSPS) is 14.3. The number of imide groups is 1. The van der Waals surface area contributed by atoms with Crippen molar-refractivity contribution in [1.29, 1.82) is 0 Å². The Labute approximate surface area is 199 Å².